The summed E-state index contributed by atoms with van der Waals surface area (Å²) in [5, 5.41) is 9.85. The van der Waals surface area contributed by atoms with E-state index in [1.807, 2.05) is 18.2 Å². The predicted octanol–water partition coefficient (Wildman–Crippen LogP) is 2.78. The number of hydrogen-bond acceptors (Lipinski definition) is 3. The van der Waals surface area contributed by atoms with Crippen molar-refractivity contribution in [1.82, 2.24) is 0 Å². The Morgan fingerprint density at radius 2 is 2.18 bits per heavy atom. The van der Waals surface area contributed by atoms with Crippen LogP contribution in [-0.2, 0) is 6.42 Å². The van der Waals surface area contributed by atoms with Crippen LogP contribution in [0.3, 0.4) is 0 Å². The number of nitriles is 1. The molecule has 84 valence electrons. The average molecular weight is 225 g/mol. The second-order valence-corrected chi connectivity index (χ2v) is 3.68. The van der Waals surface area contributed by atoms with E-state index in [2.05, 4.69) is 6.58 Å². The van der Waals surface area contributed by atoms with Crippen molar-refractivity contribution in [3.05, 3.63) is 58.5 Å². The highest BCUT2D eigenvalue weighted by atomic mass is 16.4. The van der Waals surface area contributed by atoms with Gasteiger partial charge in [-0.3, -0.25) is 0 Å². The van der Waals surface area contributed by atoms with Gasteiger partial charge in [0.1, 0.15) is 17.2 Å². The number of hydrogen-bond donors (Lipinski definition) is 0. The molecular weight excluding hydrogens is 214 g/mol. The van der Waals surface area contributed by atoms with Crippen molar-refractivity contribution in [1.29, 1.82) is 5.26 Å². The van der Waals surface area contributed by atoms with Crippen molar-refractivity contribution < 1.29 is 4.42 Å². The summed E-state index contributed by atoms with van der Waals surface area (Å²) in [6.07, 6.45) is 3.12. The minimum atomic E-state index is -0.565. The maximum absolute atomic E-state index is 11.6. The zero-order valence-electron chi connectivity index (χ0n) is 9.27. The van der Waals surface area contributed by atoms with Gasteiger partial charge in [-0.15, -0.1) is 6.58 Å². The fourth-order valence-corrected chi connectivity index (χ4v) is 1.83. The van der Waals surface area contributed by atoms with Gasteiger partial charge in [0.05, 0.1) is 0 Å². The molecular formula is C14H11NO2. The van der Waals surface area contributed by atoms with Crippen molar-refractivity contribution in [2.24, 2.45) is 0 Å². The largest absolute Gasteiger partial charge is 0.422 e. The van der Waals surface area contributed by atoms with Crippen molar-refractivity contribution in [3.63, 3.8) is 0 Å². The molecule has 2 aromatic rings. The van der Waals surface area contributed by atoms with Gasteiger partial charge in [-0.2, -0.15) is 5.26 Å². The Morgan fingerprint density at radius 1 is 1.41 bits per heavy atom. The van der Waals surface area contributed by atoms with Crippen LogP contribution in [0.4, 0.5) is 0 Å². The predicted molar refractivity (Wildman–Crippen MR) is 65.7 cm³/mol. The van der Waals surface area contributed by atoms with Crippen molar-refractivity contribution in [2.75, 3.05) is 0 Å². The molecule has 0 aliphatic carbocycles. The molecule has 0 radical (unpaired) electrons. The van der Waals surface area contributed by atoms with Crippen LogP contribution >= 0.6 is 0 Å². The maximum Gasteiger partial charge on any atom is 0.354 e. The summed E-state index contributed by atoms with van der Waals surface area (Å²) in [5.74, 6) is 0. The topological polar surface area (TPSA) is 54.0 Å². The molecule has 1 aromatic carbocycles. The molecule has 0 amide bonds. The molecule has 1 aromatic heterocycles. The van der Waals surface area contributed by atoms with Crippen LogP contribution in [0.1, 0.15) is 17.5 Å². The Morgan fingerprint density at radius 3 is 2.88 bits per heavy atom. The highest BCUT2D eigenvalue weighted by Gasteiger charge is 2.12. The normalized spacial score (nSPS) is 10.1. The van der Waals surface area contributed by atoms with Gasteiger partial charge in [-0.05, 0) is 24.5 Å². The minimum absolute atomic E-state index is 0.102. The van der Waals surface area contributed by atoms with Gasteiger partial charge in [-0.25, -0.2) is 4.79 Å². The van der Waals surface area contributed by atoms with Crippen LogP contribution < -0.4 is 5.63 Å². The van der Waals surface area contributed by atoms with E-state index in [1.165, 1.54) is 0 Å². The molecule has 3 nitrogen and oxygen atoms in total. The lowest BCUT2D eigenvalue weighted by atomic mass is 10.0. The zero-order chi connectivity index (χ0) is 12.3. The molecule has 0 saturated carbocycles. The fraction of sp³-hybridized carbons (Fsp3) is 0.143. The van der Waals surface area contributed by atoms with Crippen molar-refractivity contribution >= 4 is 11.0 Å². The standard InChI is InChI=1S/C14H11NO2/c1-2-3-6-10-11-7-4-5-8-13(11)17-14(16)12(10)9-15/h2,4-5,7-8H,1,3,6H2. The van der Waals surface area contributed by atoms with Gasteiger partial charge in [0.2, 0.25) is 0 Å². The first-order valence-corrected chi connectivity index (χ1v) is 5.33. The minimum Gasteiger partial charge on any atom is -0.422 e. The molecule has 0 fully saturated rings. The van der Waals surface area contributed by atoms with Crippen LogP contribution in [0.2, 0.25) is 0 Å². The second kappa shape index (κ2) is 4.67. The SMILES string of the molecule is C=CCCc1c(C#N)c(=O)oc2ccccc12. The van der Waals surface area contributed by atoms with E-state index in [-0.39, 0.29) is 5.56 Å². The molecule has 0 N–H and O–H groups in total. The molecule has 0 atom stereocenters. The first-order chi connectivity index (χ1) is 8.27. The van der Waals surface area contributed by atoms with E-state index in [0.717, 1.165) is 17.4 Å². The smallest absolute Gasteiger partial charge is 0.354 e. The summed E-state index contributed by atoms with van der Waals surface area (Å²) >= 11 is 0. The van der Waals surface area contributed by atoms with Crippen molar-refractivity contribution in [3.8, 4) is 6.07 Å². The lowest BCUT2D eigenvalue weighted by molar-refractivity contribution is 0.556. The molecule has 0 aliphatic heterocycles. The van der Waals surface area contributed by atoms with Crippen LogP contribution in [0.25, 0.3) is 11.0 Å². The summed E-state index contributed by atoms with van der Waals surface area (Å²) < 4.78 is 5.10. The molecule has 3 heteroatoms. The average Bonchev–Trinajstić information content (AvgIpc) is 2.35. The third-order valence-corrected chi connectivity index (χ3v) is 2.63. The van der Waals surface area contributed by atoms with E-state index in [0.29, 0.717) is 12.0 Å². The van der Waals surface area contributed by atoms with Gasteiger partial charge in [-0.1, -0.05) is 24.3 Å². The van der Waals surface area contributed by atoms with Gasteiger partial charge >= 0.3 is 5.63 Å². The Bertz CT molecular complexity index is 662. The molecule has 0 saturated heterocycles. The molecule has 17 heavy (non-hydrogen) atoms. The quantitative estimate of drug-likeness (QED) is 0.596. The molecule has 2 rings (SSSR count). The lowest BCUT2D eigenvalue weighted by Gasteiger charge is -2.05. The van der Waals surface area contributed by atoms with Crippen LogP contribution in [0.5, 0.6) is 0 Å². The highest BCUT2D eigenvalue weighted by Crippen LogP contribution is 2.20. The summed E-state index contributed by atoms with van der Waals surface area (Å²) in [5.41, 5.74) is 0.811. The summed E-state index contributed by atoms with van der Waals surface area (Å²) in [4.78, 5) is 11.6. The van der Waals surface area contributed by atoms with E-state index < -0.39 is 5.63 Å². The van der Waals surface area contributed by atoms with Gasteiger partial charge in [0.15, 0.2) is 0 Å². The Hall–Kier alpha value is -2.34. The van der Waals surface area contributed by atoms with E-state index in [9.17, 15) is 4.79 Å². The Labute approximate surface area is 98.6 Å². The number of allylic oxidation sites excluding steroid dienone is 1. The first kappa shape index (κ1) is 11.2. The highest BCUT2D eigenvalue weighted by molar-refractivity contribution is 5.82. The fourth-order valence-electron chi connectivity index (χ4n) is 1.83. The zero-order valence-corrected chi connectivity index (χ0v) is 9.27. The number of rotatable bonds is 3. The summed E-state index contributed by atoms with van der Waals surface area (Å²) in [7, 11) is 0. The van der Waals surface area contributed by atoms with E-state index >= 15 is 0 Å². The van der Waals surface area contributed by atoms with Crippen LogP contribution in [-0.4, -0.2) is 0 Å². The number of aryl methyl sites for hydroxylation is 1. The third-order valence-electron chi connectivity index (χ3n) is 2.63. The van der Waals surface area contributed by atoms with Gasteiger partial charge in [0, 0.05) is 5.39 Å². The molecule has 1 heterocycles. The lowest BCUT2D eigenvalue weighted by Crippen LogP contribution is -2.08. The summed E-state index contributed by atoms with van der Waals surface area (Å²) in [6, 6.07) is 9.18. The Kier molecular flexibility index (Phi) is 3.06. The molecule has 0 spiro atoms. The number of nitrogens with zero attached hydrogens (tertiary/aromatic N) is 1. The molecule has 0 bridgehead atoms. The first-order valence-electron chi connectivity index (χ1n) is 5.33. The summed E-state index contributed by atoms with van der Waals surface area (Å²) in [6.45, 7) is 3.65. The van der Waals surface area contributed by atoms with E-state index in [1.54, 1.807) is 18.2 Å². The third kappa shape index (κ3) is 1.98. The van der Waals surface area contributed by atoms with E-state index in [4.69, 9.17) is 9.68 Å². The monoisotopic (exact) mass is 225 g/mol. The van der Waals surface area contributed by atoms with Crippen LogP contribution in [0.15, 0.2) is 46.1 Å². The van der Waals surface area contributed by atoms with Gasteiger partial charge in [0.25, 0.3) is 0 Å². The molecule has 0 aliphatic rings. The second-order valence-electron chi connectivity index (χ2n) is 3.68. The number of para-hydroxylation sites is 1. The Balaban J connectivity index is 2.78. The number of benzene rings is 1. The molecule has 0 unspecified atom stereocenters. The maximum atomic E-state index is 11.6. The van der Waals surface area contributed by atoms with Gasteiger partial charge < -0.3 is 4.42 Å². The van der Waals surface area contributed by atoms with Crippen LogP contribution in [0, 0.1) is 11.3 Å². The van der Waals surface area contributed by atoms with Crippen molar-refractivity contribution in [2.45, 2.75) is 12.8 Å². The number of fused-ring (bicyclic) bond motifs is 1.